The van der Waals surface area contributed by atoms with Crippen LogP contribution in [0.1, 0.15) is 23.6 Å². The monoisotopic (exact) mass is 417 g/mol. The standard InChI is InChI=1S/C22H22ClFN2O3/c1-25(2)12-3-13-26-19(14-6-10-17(24)11-7-14)18(21(28)22(26)29)20(27)15-4-8-16(23)9-5-15/h4-11,19,27H,3,12-13H2,1-2H3/p+1/t19-/m0/s1. The maximum atomic E-state index is 13.4. The molecule has 1 amide bonds. The second-order valence-electron chi connectivity index (χ2n) is 7.36. The van der Waals surface area contributed by atoms with E-state index in [9.17, 15) is 19.1 Å². The van der Waals surface area contributed by atoms with Crippen molar-refractivity contribution in [3.8, 4) is 0 Å². The van der Waals surface area contributed by atoms with Gasteiger partial charge >= 0.3 is 0 Å². The number of hydrogen-bond acceptors (Lipinski definition) is 3. The molecule has 0 saturated carbocycles. The number of halogens is 2. The summed E-state index contributed by atoms with van der Waals surface area (Å²) in [6.07, 6.45) is 0.689. The first kappa shape index (κ1) is 21.0. The second kappa shape index (κ2) is 8.76. The van der Waals surface area contributed by atoms with Gasteiger partial charge in [-0.05, 0) is 42.0 Å². The van der Waals surface area contributed by atoms with Crippen LogP contribution in [-0.2, 0) is 9.59 Å². The summed E-state index contributed by atoms with van der Waals surface area (Å²) in [7, 11) is 4.01. The summed E-state index contributed by atoms with van der Waals surface area (Å²) in [5, 5.41) is 11.4. The van der Waals surface area contributed by atoms with E-state index in [0.29, 0.717) is 29.1 Å². The molecule has 0 aliphatic carbocycles. The van der Waals surface area contributed by atoms with Gasteiger partial charge in [0.2, 0.25) is 0 Å². The Labute approximate surface area is 174 Å². The lowest BCUT2D eigenvalue weighted by atomic mass is 9.95. The third-order valence-corrected chi connectivity index (χ3v) is 5.17. The molecule has 0 aromatic heterocycles. The lowest BCUT2D eigenvalue weighted by Crippen LogP contribution is -3.05. The lowest BCUT2D eigenvalue weighted by Gasteiger charge is -2.25. The minimum atomic E-state index is -0.775. The molecule has 152 valence electrons. The summed E-state index contributed by atoms with van der Waals surface area (Å²) in [6, 6.07) is 11.2. The Morgan fingerprint density at radius 3 is 2.31 bits per heavy atom. The molecule has 0 unspecified atom stereocenters. The molecule has 1 saturated heterocycles. The van der Waals surface area contributed by atoms with E-state index in [2.05, 4.69) is 0 Å². The number of benzene rings is 2. The predicted molar refractivity (Wildman–Crippen MR) is 109 cm³/mol. The van der Waals surface area contributed by atoms with Crippen molar-refractivity contribution >= 4 is 29.1 Å². The highest BCUT2D eigenvalue weighted by Gasteiger charge is 2.45. The van der Waals surface area contributed by atoms with Gasteiger partial charge in [0, 0.05) is 23.6 Å². The Balaban J connectivity index is 2.07. The number of likely N-dealkylation sites (tertiary alicyclic amines) is 1. The smallest absolute Gasteiger partial charge is 0.295 e. The largest absolute Gasteiger partial charge is 0.507 e. The van der Waals surface area contributed by atoms with E-state index in [0.717, 1.165) is 6.54 Å². The van der Waals surface area contributed by atoms with Crippen LogP contribution in [0.5, 0.6) is 0 Å². The molecule has 1 heterocycles. The Morgan fingerprint density at radius 2 is 1.72 bits per heavy atom. The number of rotatable bonds is 6. The van der Waals surface area contributed by atoms with Crippen molar-refractivity contribution in [3.05, 3.63) is 76.1 Å². The molecule has 2 aromatic rings. The average Bonchev–Trinajstić information content (AvgIpc) is 2.93. The molecule has 5 nitrogen and oxygen atoms in total. The molecule has 0 radical (unpaired) electrons. The molecule has 2 aromatic carbocycles. The van der Waals surface area contributed by atoms with Gasteiger partial charge in [0.15, 0.2) is 0 Å². The van der Waals surface area contributed by atoms with E-state index >= 15 is 0 Å². The Kier molecular flexibility index (Phi) is 6.35. The molecular weight excluding hydrogens is 395 g/mol. The number of aliphatic hydroxyl groups excluding tert-OH is 1. The maximum absolute atomic E-state index is 13.4. The summed E-state index contributed by atoms with van der Waals surface area (Å²) in [5.74, 6) is -2.10. The number of carbonyl (C=O) groups excluding carboxylic acids is 2. The molecule has 1 atom stereocenters. The third-order valence-electron chi connectivity index (χ3n) is 4.92. The first-order valence-electron chi connectivity index (χ1n) is 9.38. The summed E-state index contributed by atoms with van der Waals surface area (Å²) >= 11 is 5.91. The molecule has 7 heteroatoms. The SMILES string of the molecule is C[NH+](C)CCCN1C(=O)C(=O)C(=C(O)c2ccc(Cl)cc2)[C@@H]1c1ccc(F)cc1. The molecule has 2 N–H and O–H groups in total. The Hall–Kier alpha value is -2.70. The van der Waals surface area contributed by atoms with E-state index in [4.69, 9.17) is 11.6 Å². The fraction of sp³-hybridized carbons (Fsp3) is 0.273. The second-order valence-corrected chi connectivity index (χ2v) is 7.80. The number of amides is 1. The summed E-state index contributed by atoms with van der Waals surface area (Å²) in [6.45, 7) is 1.17. The first-order chi connectivity index (χ1) is 13.8. The molecule has 1 fully saturated rings. The van der Waals surface area contributed by atoms with Gasteiger partial charge in [0.25, 0.3) is 11.7 Å². The molecule has 29 heavy (non-hydrogen) atoms. The zero-order valence-corrected chi connectivity index (χ0v) is 17.0. The average molecular weight is 418 g/mol. The number of nitrogens with one attached hydrogen (secondary N) is 1. The highest BCUT2D eigenvalue weighted by atomic mass is 35.5. The summed E-state index contributed by atoms with van der Waals surface area (Å²) in [5.41, 5.74) is 0.955. The lowest BCUT2D eigenvalue weighted by molar-refractivity contribution is -0.858. The number of hydrogen-bond donors (Lipinski definition) is 2. The Morgan fingerprint density at radius 1 is 1.10 bits per heavy atom. The number of quaternary nitrogens is 1. The fourth-order valence-corrected chi connectivity index (χ4v) is 3.59. The normalized spacial score (nSPS) is 18.7. The number of Topliss-reactive ketones (excluding diaryl/α,β-unsaturated/α-hetero) is 1. The van der Waals surface area contributed by atoms with Gasteiger partial charge in [-0.1, -0.05) is 23.7 Å². The van der Waals surface area contributed by atoms with Gasteiger partial charge in [0.1, 0.15) is 11.6 Å². The van der Waals surface area contributed by atoms with Crippen molar-refractivity contribution in [2.24, 2.45) is 0 Å². The minimum Gasteiger partial charge on any atom is -0.507 e. The van der Waals surface area contributed by atoms with Crippen molar-refractivity contribution in [1.29, 1.82) is 0 Å². The first-order valence-corrected chi connectivity index (χ1v) is 9.76. The topological polar surface area (TPSA) is 62.0 Å². The van der Waals surface area contributed by atoms with Crippen molar-refractivity contribution in [3.63, 3.8) is 0 Å². The fourth-order valence-electron chi connectivity index (χ4n) is 3.47. The van der Waals surface area contributed by atoms with Crippen LogP contribution in [-0.4, -0.2) is 48.9 Å². The van der Waals surface area contributed by atoms with Crippen LogP contribution in [0.2, 0.25) is 5.02 Å². The van der Waals surface area contributed by atoms with Gasteiger partial charge in [-0.25, -0.2) is 4.39 Å². The van der Waals surface area contributed by atoms with Gasteiger partial charge in [-0.2, -0.15) is 0 Å². The van der Waals surface area contributed by atoms with Crippen LogP contribution in [0.25, 0.3) is 5.76 Å². The molecule has 0 bridgehead atoms. The number of ketones is 1. The van der Waals surface area contributed by atoms with Crippen molar-refractivity contribution in [1.82, 2.24) is 4.90 Å². The summed E-state index contributed by atoms with van der Waals surface area (Å²) < 4.78 is 13.4. The molecule has 3 rings (SSSR count). The minimum absolute atomic E-state index is 0.00105. The van der Waals surface area contributed by atoms with E-state index < -0.39 is 23.5 Å². The van der Waals surface area contributed by atoms with E-state index in [1.54, 1.807) is 24.3 Å². The third kappa shape index (κ3) is 4.49. The van der Waals surface area contributed by atoms with Crippen LogP contribution < -0.4 is 4.90 Å². The molecule has 0 spiro atoms. The van der Waals surface area contributed by atoms with Crippen molar-refractivity contribution in [2.75, 3.05) is 27.2 Å². The molecule has 1 aliphatic heterocycles. The van der Waals surface area contributed by atoms with Crippen LogP contribution in [0.3, 0.4) is 0 Å². The highest BCUT2D eigenvalue weighted by molar-refractivity contribution is 6.46. The number of nitrogens with zero attached hydrogens (tertiary/aromatic N) is 1. The quantitative estimate of drug-likeness (QED) is 0.431. The number of aliphatic hydroxyl groups is 1. The van der Waals surface area contributed by atoms with Gasteiger partial charge < -0.3 is 14.9 Å². The van der Waals surface area contributed by atoms with E-state index in [1.807, 2.05) is 14.1 Å². The van der Waals surface area contributed by atoms with Crippen LogP contribution in [0.15, 0.2) is 54.1 Å². The van der Waals surface area contributed by atoms with Gasteiger partial charge in [-0.15, -0.1) is 0 Å². The highest BCUT2D eigenvalue weighted by Crippen LogP contribution is 2.39. The summed E-state index contributed by atoms with van der Waals surface area (Å²) in [4.78, 5) is 28.3. The Bertz CT molecular complexity index is 940. The van der Waals surface area contributed by atoms with Gasteiger partial charge in [-0.3, -0.25) is 9.59 Å². The zero-order chi connectivity index (χ0) is 21.1. The van der Waals surface area contributed by atoms with Crippen molar-refractivity contribution < 1.29 is 24.0 Å². The molecule has 1 aliphatic rings. The molecular formula is C22H23ClFN2O3+. The van der Waals surface area contributed by atoms with Crippen LogP contribution in [0.4, 0.5) is 4.39 Å². The van der Waals surface area contributed by atoms with Crippen molar-refractivity contribution in [2.45, 2.75) is 12.5 Å². The van der Waals surface area contributed by atoms with Crippen LogP contribution >= 0.6 is 11.6 Å². The zero-order valence-electron chi connectivity index (χ0n) is 16.3. The van der Waals surface area contributed by atoms with E-state index in [-0.39, 0.29) is 11.3 Å². The number of carbonyl (C=O) groups is 2. The van der Waals surface area contributed by atoms with Crippen LogP contribution in [0, 0.1) is 5.82 Å². The van der Waals surface area contributed by atoms with E-state index in [1.165, 1.54) is 34.1 Å². The maximum Gasteiger partial charge on any atom is 0.295 e. The predicted octanol–water partition coefficient (Wildman–Crippen LogP) is 2.44. The van der Waals surface area contributed by atoms with Gasteiger partial charge in [0.05, 0.1) is 32.3 Å².